The van der Waals surface area contributed by atoms with Crippen LogP contribution in [0.1, 0.15) is 6.92 Å². The third-order valence-electron chi connectivity index (χ3n) is 2.67. The largest absolute Gasteiger partial charge is 0.432 e. The molecule has 0 radical (unpaired) electrons. The highest BCUT2D eigenvalue weighted by Crippen LogP contribution is 2.27. The lowest BCUT2D eigenvalue weighted by atomic mass is 10.3. The molecule has 0 spiro atoms. The maximum Gasteiger partial charge on any atom is 0.264 e. The van der Waals surface area contributed by atoms with Crippen LogP contribution in [0.25, 0.3) is 0 Å². The summed E-state index contributed by atoms with van der Waals surface area (Å²) in [6.07, 6.45) is 6.34. The Hall–Kier alpha value is -2.60. The Balaban J connectivity index is 2.27. The Morgan fingerprint density at radius 2 is 2.27 bits per heavy atom. The zero-order valence-corrected chi connectivity index (χ0v) is 13.0. The molecule has 5 nitrogen and oxygen atoms in total. The van der Waals surface area contributed by atoms with E-state index in [-0.39, 0.29) is 0 Å². The normalized spacial score (nSPS) is 11.5. The minimum absolute atomic E-state index is 0.343. The van der Waals surface area contributed by atoms with Crippen LogP contribution in [-0.4, -0.2) is 16.9 Å². The van der Waals surface area contributed by atoms with Gasteiger partial charge in [0.25, 0.3) is 6.20 Å². The fourth-order valence-corrected chi connectivity index (χ4v) is 2.43. The van der Waals surface area contributed by atoms with Crippen LogP contribution in [0.5, 0.6) is 5.75 Å². The van der Waals surface area contributed by atoms with E-state index in [2.05, 4.69) is 23.3 Å². The first-order valence-electron chi connectivity index (χ1n) is 6.44. The second kappa shape index (κ2) is 7.42. The molecular formula is C16H16N3O2S+. The van der Waals surface area contributed by atoms with Crippen LogP contribution in [0.3, 0.4) is 0 Å². The van der Waals surface area contributed by atoms with E-state index in [1.54, 1.807) is 24.5 Å². The quantitative estimate of drug-likeness (QED) is 0.292. The molecule has 112 valence electrons. The van der Waals surface area contributed by atoms with E-state index in [4.69, 9.17) is 4.74 Å². The van der Waals surface area contributed by atoms with Gasteiger partial charge in [-0.2, -0.15) is 0 Å². The first-order valence-corrected chi connectivity index (χ1v) is 7.26. The van der Waals surface area contributed by atoms with E-state index in [1.165, 1.54) is 18.0 Å². The number of pyridine rings is 2. The van der Waals surface area contributed by atoms with Crippen molar-refractivity contribution in [3.8, 4) is 5.75 Å². The van der Waals surface area contributed by atoms with Gasteiger partial charge in [-0.3, -0.25) is 5.21 Å². The molecule has 2 aromatic rings. The van der Waals surface area contributed by atoms with Crippen LogP contribution in [0.15, 0.2) is 81.9 Å². The smallest absolute Gasteiger partial charge is 0.264 e. The third-order valence-corrected chi connectivity index (χ3v) is 3.57. The van der Waals surface area contributed by atoms with Gasteiger partial charge in [-0.1, -0.05) is 30.5 Å². The summed E-state index contributed by atoms with van der Waals surface area (Å²) in [5, 5.41) is 10.6. The van der Waals surface area contributed by atoms with Crippen molar-refractivity contribution >= 4 is 18.5 Å². The number of ether oxygens (including phenoxy) is 1. The minimum atomic E-state index is 0.343. The number of aromatic nitrogens is 2. The lowest BCUT2D eigenvalue weighted by Crippen LogP contribution is -2.29. The standard InChI is InChI=1S/C16H16N3O2S/c1-4-12(2)16(17-3)21-13-9-14(11-19(20)10-13)22-15-7-5-6-8-18-15/h4-11,20H,1,3H2,2H3/q+1/b16-12+. The van der Waals surface area contributed by atoms with Crippen LogP contribution in [-0.2, 0) is 0 Å². The number of allylic oxidation sites excluding steroid dienone is 2. The summed E-state index contributed by atoms with van der Waals surface area (Å²) in [7, 11) is 0. The molecule has 0 saturated carbocycles. The lowest BCUT2D eigenvalue weighted by Gasteiger charge is -2.06. The first kappa shape index (κ1) is 15.8. The highest BCUT2D eigenvalue weighted by Gasteiger charge is 2.12. The summed E-state index contributed by atoms with van der Waals surface area (Å²) in [6.45, 7) is 8.96. The van der Waals surface area contributed by atoms with E-state index in [0.29, 0.717) is 11.6 Å². The molecule has 1 N–H and O–H groups in total. The fraction of sp³-hybridized carbons (Fsp3) is 0.0625. The van der Waals surface area contributed by atoms with Crippen LogP contribution in [0.2, 0.25) is 0 Å². The molecule has 0 atom stereocenters. The molecule has 0 aliphatic rings. The average Bonchev–Trinajstić information content (AvgIpc) is 2.52. The van der Waals surface area contributed by atoms with Crippen LogP contribution >= 0.6 is 11.8 Å². The molecule has 0 aliphatic heterocycles. The molecule has 0 fully saturated rings. The van der Waals surface area contributed by atoms with E-state index in [0.717, 1.165) is 20.2 Å². The summed E-state index contributed by atoms with van der Waals surface area (Å²) in [6, 6.07) is 7.42. The molecule has 0 bridgehead atoms. The van der Waals surface area contributed by atoms with Gasteiger partial charge in [-0.25, -0.2) is 9.98 Å². The average molecular weight is 314 g/mol. The summed E-state index contributed by atoms with van der Waals surface area (Å²) < 4.78 is 6.58. The van der Waals surface area contributed by atoms with Gasteiger partial charge in [0.05, 0.1) is 4.90 Å². The Kier molecular flexibility index (Phi) is 5.32. The Morgan fingerprint density at radius 3 is 2.91 bits per heavy atom. The van der Waals surface area contributed by atoms with Gasteiger partial charge in [0, 0.05) is 22.6 Å². The molecule has 0 unspecified atom stereocenters. The third kappa shape index (κ3) is 4.20. The molecule has 0 aromatic carbocycles. The second-order valence-electron chi connectivity index (χ2n) is 4.31. The highest BCUT2D eigenvalue weighted by atomic mass is 32.2. The number of rotatable bonds is 6. The SMILES string of the molecule is C=C/C(C)=C(\N=C)Oc1cc(Sc2ccccn2)c[n+](O)c1. The number of nitrogens with zero attached hydrogens (tertiary/aromatic N) is 3. The van der Waals surface area contributed by atoms with E-state index >= 15 is 0 Å². The van der Waals surface area contributed by atoms with Crippen molar-refractivity contribution in [2.45, 2.75) is 16.8 Å². The molecule has 0 saturated heterocycles. The molecule has 6 heteroatoms. The van der Waals surface area contributed by atoms with Gasteiger partial charge in [-0.05, 0) is 25.8 Å². The summed E-state index contributed by atoms with van der Waals surface area (Å²) in [5.74, 6) is 0.780. The van der Waals surface area contributed by atoms with E-state index in [9.17, 15) is 5.21 Å². The summed E-state index contributed by atoms with van der Waals surface area (Å²) >= 11 is 1.41. The van der Waals surface area contributed by atoms with E-state index < -0.39 is 0 Å². The molecule has 0 aliphatic carbocycles. The summed E-state index contributed by atoms with van der Waals surface area (Å²) in [5.41, 5.74) is 0.752. The van der Waals surface area contributed by atoms with Gasteiger partial charge in [0.2, 0.25) is 12.1 Å². The monoisotopic (exact) mass is 314 g/mol. The van der Waals surface area contributed by atoms with Crippen molar-refractivity contribution < 1.29 is 14.7 Å². The van der Waals surface area contributed by atoms with Gasteiger partial charge >= 0.3 is 0 Å². The number of aliphatic imine (C=N–C) groups is 1. The van der Waals surface area contributed by atoms with Crippen molar-refractivity contribution in [3.05, 3.63) is 67.0 Å². The zero-order valence-electron chi connectivity index (χ0n) is 12.1. The summed E-state index contributed by atoms with van der Waals surface area (Å²) in [4.78, 5) is 8.83. The molecule has 2 aromatic heterocycles. The fourth-order valence-electron chi connectivity index (χ4n) is 1.59. The van der Waals surface area contributed by atoms with Gasteiger partial charge in [0.15, 0.2) is 5.75 Å². The maximum absolute atomic E-state index is 9.77. The Morgan fingerprint density at radius 1 is 1.45 bits per heavy atom. The van der Waals surface area contributed by atoms with Crippen molar-refractivity contribution in [2.24, 2.45) is 4.99 Å². The van der Waals surface area contributed by atoms with Gasteiger partial charge < -0.3 is 4.74 Å². The van der Waals surface area contributed by atoms with Crippen molar-refractivity contribution in [1.82, 2.24) is 4.98 Å². The Labute approximate surface area is 133 Å². The zero-order chi connectivity index (χ0) is 15.9. The van der Waals surface area contributed by atoms with Crippen molar-refractivity contribution in [2.75, 3.05) is 0 Å². The van der Waals surface area contributed by atoms with Crippen LogP contribution < -0.4 is 9.47 Å². The minimum Gasteiger partial charge on any atom is -0.432 e. The highest BCUT2D eigenvalue weighted by molar-refractivity contribution is 7.99. The number of hydrogen-bond donors (Lipinski definition) is 1. The van der Waals surface area contributed by atoms with Crippen molar-refractivity contribution in [1.29, 1.82) is 0 Å². The van der Waals surface area contributed by atoms with Gasteiger partial charge in [0.1, 0.15) is 5.03 Å². The van der Waals surface area contributed by atoms with Crippen LogP contribution in [0.4, 0.5) is 0 Å². The molecule has 2 rings (SSSR count). The predicted octanol–water partition coefficient (Wildman–Crippen LogP) is 3.25. The van der Waals surface area contributed by atoms with Gasteiger partial charge in [-0.15, -0.1) is 0 Å². The van der Waals surface area contributed by atoms with E-state index in [1.807, 2.05) is 25.1 Å². The van der Waals surface area contributed by atoms with Crippen LogP contribution in [0, 0.1) is 0 Å². The maximum atomic E-state index is 9.77. The van der Waals surface area contributed by atoms with Crippen molar-refractivity contribution in [3.63, 3.8) is 0 Å². The first-order chi connectivity index (χ1) is 10.6. The molecular weight excluding hydrogens is 298 g/mol. The molecule has 22 heavy (non-hydrogen) atoms. The second-order valence-corrected chi connectivity index (χ2v) is 5.40. The number of hydrogen-bond acceptors (Lipinski definition) is 5. The molecule has 2 heterocycles. The topological polar surface area (TPSA) is 58.6 Å². The molecule has 0 amide bonds. The Bertz CT molecular complexity index is 715. The predicted molar refractivity (Wildman–Crippen MR) is 85.3 cm³/mol. The lowest BCUT2D eigenvalue weighted by molar-refractivity contribution is -0.906.